The standard InChI is InChI=1S/C16H25FN2O2/c1-11(2)9-12(3)21-8-4-5-16(20)19-13-6-7-14(17)15(18)10-13/h6-7,10-12H,4-5,8-9,18H2,1-3H3,(H,19,20). The average Bonchev–Trinajstić information content (AvgIpc) is 2.38. The number of benzene rings is 1. The Hall–Kier alpha value is -1.62. The van der Waals surface area contributed by atoms with Crippen LogP contribution in [0.2, 0.25) is 0 Å². The summed E-state index contributed by atoms with van der Waals surface area (Å²) in [5.74, 6) is -0.00565. The molecule has 1 aromatic rings. The zero-order chi connectivity index (χ0) is 15.8. The number of ether oxygens (including phenoxy) is 1. The number of carbonyl (C=O) groups is 1. The molecule has 0 aliphatic carbocycles. The number of nitrogen functional groups attached to an aromatic ring is 1. The molecule has 1 atom stereocenters. The maximum absolute atomic E-state index is 13.0. The molecule has 0 heterocycles. The van der Waals surface area contributed by atoms with Crippen molar-refractivity contribution < 1.29 is 13.9 Å². The highest BCUT2D eigenvalue weighted by molar-refractivity contribution is 5.91. The van der Waals surface area contributed by atoms with Gasteiger partial charge in [-0.1, -0.05) is 13.8 Å². The summed E-state index contributed by atoms with van der Waals surface area (Å²) in [5.41, 5.74) is 5.98. The van der Waals surface area contributed by atoms with E-state index in [0.717, 1.165) is 6.42 Å². The Kier molecular flexibility index (Phi) is 7.15. The quantitative estimate of drug-likeness (QED) is 0.569. The zero-order valence-electron chi connectivity index (χ0n) is 13.0. The molecule has 1 unspecified atom stereocenters. The fourth-order valence-electron chi connectivity index (χ4n) is 2.09. The topological polar surface area (TPSA) is 64.3 Å². The van der Waals surface area contributed by atoms with E-state index in [1.54, 1.807) is 0 Å². The van der Waals surface area contributed by atoms with Gasteiger partial charge in [-0.05, 0) is 43.9 Å². The van der Waals surface area contributed by atoms with E-state index in [9.17, 15) is 9.18 Å². The van der Waals surface area contributed by atoms with Gasteiger partial charge in [-0.2, -0.15) is 0 Å². The second-order valence-electron chi connectivity index (χ2n) is 5.70. The van der Waals surface area contributed by atoms with Crippen molar-refractivity contribution in [3.63, 3.8) is 0 Å². The van der Waals surface area contributed by atoms with Gasteiger partial charge >= 0.3 is 0 Å². The van der Waals surface area contributed by atoms with Crippen LogP contribution < -0.4 is 11.1 Å². The van der Waals surface area contributed by atoms with Crippen LogP contribution >= 0.6 is 0 Å². The number of halogens is 1. The predicted octanol–water partition coefficient (Wildman–Crippen LogP) is 3.58. The summed E-state index contributed by atoms with van der Waals surface area (Å²) in [7, 11) is 0. The van der Waals surface area contributed by atoms with Crippen LogP contribution in [0, 0.1) is 11.7 Å². The number of carbonyl (C=O) groups excluding carboxylic acids is 1. The maximum atomic E-state index is 13.0. The predicted molar refractivity (Wildman–Crippen MR) is 83.5 cm³/mol. The van der Waals surface area contributed by atoms with E-state index in [1.807, 2.05) is 6.92 Å². The Morgan fingerprint density at radius 2 is 2.10 bits per heavy atom. The van der Waals surface area contributed by atoms with Crippen LogP contribution in [0.5, 0.6) is 0 Å². The number of rotatable bonds is 8. The first kappa shape index (κ1) is 17.4. The van der Waals surface area contributed by atoms with E-state index in [0.29, 0.717) is 31.1 Å². The second-order valence-corrected chi connectivity index (χ2v) is 5.70. The van der Waals surface area contributed by atoms with Gasteiger partial charge in [0.05, 0.1) is 11.8 Å². The Morgan fingerprint density at radius 1 is 1.38 bits per heavy atom. The van der Waals surface area contributed by atoms with Gasteiger partial charge in [-0.3, -0.25) is 4.79 Å². The van der Waals surface area contributed by atoms with Crippen LogP contribution in [-0.4, -0.2) is 18.6 Å². The number of amides is 1. The molecule has 0 aliphatic heterocycles. The molecule has 0 saturated heterocycles. The van der Waals surface area contributed by atoms with Crippen molar-refractivity contribution in [2.24, 2.45) is 5.92 Å². The lowest BCUT2D eigenvalue weighted by molar-refractivity contribution is -0.116. The first-order chi connectivity index (χ1) is 9.88. The molecule has 3 N–H and O–H groups in total. The van der Waals surface area contributed by atoms with Gasteiger partial charge in [0.15, 0.2) is 0 Å². The van der Waals surface area contributed by atoms with E-state index in [-0.39, 0.29) is 17.7 Å². The van der Waals surface area contributed by atoms with Crippen molar-refractivity contribution in [2.45, 2.75) is 46.1 Å². The van der Waals surface area contributed by atoms with Gasteiger partial charge in [0, 0.05) is 18.7 Å². The Labute approximate surface area is 125 Å². The third kappa shape index (κ3) is 7.09. The molecular formula is C16H25FN2O2. The summed E-state index contributed by atoms with van der Waals surface area (Å²) < 4.78 is 18.6. The van der Waals surface area contributed by atoms with Crippen LogP contribution in [0.4, 0.5) is 15.8 Å². The minimum atomic E-state index is -0.486. The molecule has 0 aliphatic rings. The van der Waals surface area contributed by atoms with Gasteiger partial charge in [-0.15, -0.1) is 0 Å². The molecule has 0 spiro atoms. The van der Waals surface area contributed by atoms with Crippen molar-refractivity contribution in [3.05, 3.63) is 24.0 Å². The molecule has 0 saturated carbocycles. The Bertz CT molecular complexity index is 464. The summed E-state index contributed by atoms with van der Waals surface area (Å²) in [6.45, 7) is 6.91. The number of hydrogen-bond donors (Lipinski definition) is 2. The van der Waals surface area contributed by atoms with Crippen LogP contribution in [0.3, 0.4) is 0 Å². The number of nitrogens with one attached hydrogen (secondary N) is 1. The van der Waals surface area contributed by atoms with E-state index in [4.69, 9.17) is 10.5 Å². The van der Waals surface area contributed by atoms with E-state index in [1.165, 1.54) is 18.2 Å². The van der Waals surface area contributed by atoms with Gasteiger partial charge in [0.2, 0.25) is 5.91 Å². The van der Waals surface area contributed by atoms with Gasteiger partial charge < -0.3 is 15.8 Å². The molecule has 0 fully saturated rings. The summed E-state index contributed by atoms with van der Waals surface area (Å²) in [6, 6.07) is 4.14. The molecule has 1 aromatic carbocycles. The molecule has 21 heavy (non-hydrogen) atoms. The summed E-state index contributed by atoms with van der Waals surface area (Å²) in [5, 5.41) is 2.69. The molecule has 118 valence electrons. The SMILES string of the molecule is CC(C)CC(C)OCCCC(=O)Nc1ccc(F)c(N)c1. The maximum Gasteiger partial charge on any atom is 0.224 e. The lowest BCUT2D eigenvalue weighted by Gasteiger charge is -2.15. The highest BCUT2D eigenvalue weighted by Crippen LogP contribution is 2.16. The largest absolute Gasteiger partial charge is 0.396 e. The highest BCUT2D eigenvalue weighted by Gasteiger charge is 2.07. The van der Waals surface area contributed by atoms with Crippen LogP contribution in [-0.2, 0) is 9.53 Å². The Balaban J connectivity index is 2.23. The van der Waals surface area contributed by atoms with Crippen molar-refractivity contribution in [1.29, 1.82) is 0 Å². The third-order valence-electron chi connectivity index (χ3n) is 3.03. The van der Waals surface area contributed by atoms with E-state index >= 15 is 0 Å². The highest BCUT2D eigenvalue weighted by atomic mass is 19.1. The Morgan fingerprint density at radius 3 is 2.71 bits per heavy atom. The fraction of sp³-hybridized carbons (Fsp3) is 0.562. The van der Waals surface area contributed by atoms with Gasteiger partial charge in [-0.25, -0.2) is 4.39 Å². The van der Waals surface area contributed by atoms with Gasteiger partial charge in [0.1, 0.15) is 5.82 Å². The monoisotopic (exact) mass is 296 g/mol. The number of anilines is 2. The minimum absolute atomic E-state index is 0.0265. The van der Waals surface area contributed by atoms with Crippen molar-refractivity contribution in [1.82, 2.24) is 0 Å². The molecule has 0 bridgehead atoms. The molecule has 4 nitrogen and oxygen atoms in total. The first-order valence-corrected chi connectivity index (χ1v) is 7.35. The normalized spacial score (nSPS) is 12.4. The van der Waals surface area contributed by atoms with Crippen LogP contribution in [0.25, 0.3) is 0 Å². The molecule has 1 rings (SSSR count). The van der Waals surface area contributed by atoms with Crippen LogP contribution in [0.1, 0.15) is 40.0 Å². The van der Waals surface area contributed by atoms with Crippen molar-refractivity contribution >= 4 is 17.3 Å². The average molecular weight is 296 g/mol. The van der Waals surface area contributed by atoms with Gasteiger partial charge in [0.25, 0.3) is 0 Å². The van der Waals surface area contributed by atoms with Crippen molar-refractivity contribution in [3.8, 4) is 0 Å². The summed E-state index contributed by atoms with van der Waals surface area (Å²) in [6.07, 6.45) is 2.25. The molecule has 5 heteroatoms. The smallest absolute Gasteiger partial charge is 0.224 e. The molecule has 0 aromatic heterocycles. The van der Waals surface area contributed by atoms with Crippen LogP contribution in [0.15, 0.2) is 18.2 Å². The zero-order valence-corrected chi connectivity index (χ0v) is 13.0. The third-order valence-corrected chi connectivity index (χ3v) is 3.03. The molecule has 0 radical (unpaired) electrons. The number of nitrogens with two attached hydrogens (primary N) is 1. The van der Waals surface area contributed by atoms with E-state index in [2.05, 4.69) is 19.2 Å². The van der Waals surface area contributed by atoms with E-state index < -0.39 is 5.82 Å². The minimum Gasteiger partial charge on any atom is -0.396 e. The second kappa shape index (κ2) is 8.62. The lowest BCUT2D eigenvalue weighted by atomic mass is 10.1. The van der Waals surface area contributed by atoms with Crippen molar-refractivity contribution in [2.75, 3.05) is 17.7 Å². The number of hydrogen-bond acceptors (Lipinski definition) is 3. The molecule has 1 amide bonds. The summed E-state index contributed by atoms with van der Waals surface area (Å²) >= 11 is 0. The summed E-state index contributed by atoms with van der Waals surface area (Å²) in [4.78, 5) is 11.7. The lowest BCUT2D eigenvalue weighted by Crippen LogP contribution is -2.15. The first-order valence-electron chi connectivity index (χ1n) is 7.35. The fourth-order valence-corrected chi connectivity index (χ4v) is 2.09. The molecular weight excluding hydrogens is 271 g/mol.